The van der Waals surface area contributed by atoms with Crippen molar-refractivity contribution in [3.05, 3.63) is 83.8 Å². The summed E-state index contributed by atoms with van der Waals surface area (Å²) in [6, 6.07) is 18.3. The summed E-state index contributed by atoms with van der Waals surface area (Å²) < 4.78 is 3.18. The maximum absolute atomic E-state index is 10.5. The van der Waals surface area contributed by atoms with Crippen molar-refractivity contribution in [2.24, 2.45) is 0 Å². The second kappa shape index (κ2) is 6.90. The highest BCUT2D eigenvalue weighted by Crippen LogP contribution is 2.36. The van der Waals surface area contributed by atoms with E-state index in [1.165, 1.54) is 11.1 Å². The number of imidazole rings is 1. The van der Waals surface area contributed by atoms with Gasteiger partial charge in [-0.05, 0) is 41.0 Å². The molecule has 6 nitrogen and oxygen atoms in total. The molecular weight excluding hydrogens is 394 g/mol. The lowest BCUT2D eigenvalue weighted by Gasteiger charge is -2.16. The van der Waals surface area contributed by atoms with Gasteiger partial charge in [-0.3, -0.25) is 0 Å². The topological polar surface area (TPSA) is 75.9 Å². The van der Waals surface area contributed by atoms with E-state index in [9.17, 15) is 5.11 Å². The zero-order valence-electron chi connectivity index (χ0n) is 16.1. The minimum absolute atomic E-state index is 0.121. The first kappa shape index (κ1) is 17.6. The average molecular weight is 414 g/mol. The molecular formula is C23H19N5OS. The van der Waals surface area contributed by atoms with E-state index >= 15 is 0 Å². The molecule has 0 spiro atoms. The van der Waals surface area contributed by atoms with Crippen LogP contribution in [0.2, 0.25) is 0 Å². The van der Waals surface area contributed by atoms with Crippen LogP contribution >= 0.6 is 11.3 Å². The van der Waals surface area contributed by atoms with Crippen molar-refractivity contribution < 1.29 is 5.11 Å². The van der Waals surface area contributed by atoms with E-state index in [-0.39, 0.29) is 6.04 Å². The van der Waals surface area contributed by atoms with Gasteiger partial charge in [0.2, 0.25) is 0 Å². The number of fused-ring (bicyclic) bond motifs is 3. The Balaban J connectivity index is 1.28. The summed E-state index contributed by atoms with van der Waals surface area (Å²) in [6.45, 7) is 0.707. The monoisotopic (exact) mass is 413 g/mol. The van der Waals surface area contributed by atoms with Gasteiger partial charge in [-0.25, -0.2) is 15.0 Å². The van der Waals surface area contributed by atoms with Gasteiger partial charge in [0.15, 0.2) is 10.8 Å². The van der Waals surface area contributed by atoms with Gasteiger partial charge in [-0.1, -0.05) is 41.7 Å². The second-order valence-corrected chi connectivity index (χ2v) is 8.66. The van der Waals surface area contributed by atoms with Crippen molar-refractivity contribution in [1.82, 2.24) is 19.5 Å². The Bertz CT molecular complexity index is 1370. The fourth-order valence-electron chi connectivity index (χ4n) is 4.22. The molecule has 148 valence electrons. The molecule has 0 bridgehead atoms. The molecule has 6 rings (SSSR count). The number of aromatic nitrogens is 4. The largest absolute Gasteiger partial charge is 0.390 e. The Morgan fingerprint density at radius 3 is 2.97 bits per heavy atom. The highest BCUT2D eigenvalue weighted by atomic mass is 32.1. The number of hydrogen-bond donors (Lipinski definition) is 2. The van der Waals surface area contributed by atoms with Crippen LogP contribution in [0, 0.1) is 0 Å². The molecule has 0 fully saturated rings. The minimum Gasteiger partial charge on any atom is -0.390 e. The summed E-state index contributed by atoms with van der Waals surface area (Å²) in [6.07, 6.45) is 3.86. The number of aliphatic hydroxyl groups excluding tert-OH is 1. The number of anilines is 1. The van der Waals surface area contributed by atoms with Gasteiger partial charge in [-0.15, -0.1) is 0 Å². The molecule has 1 unspecified atom stereocenters. The van der Waals surface area contributed by atoms with Crippen LogP contribution in [0.4, 0.5) is 5.13 Å². The zero-order valence-corrected chi connectivity index (χ0v) is 16.9. The molecule has 30 heavy (non-hydrogen) atoms. The molecule has 5 aromatic rings. The summed E-state index contributed by atoms with van der Waals surface area (Å²) in [5.74, 6) is 0. The zero-order chi connectivity index (χ0) is 20.1. The molecule has 3 heterocycles. The number of hydrogen-bond acceptors (Lipinski definition) is 6. The number of pyridine rings is 1. The van der Waals surface area contributed by atoms with E-state index in [1.807, 2.05) is 30.6 Å². The summed E-state index contributed by atoms with van der Waals surface area (Å²) in [7, 11) is 0. The lowest BCUT2D eigenvalue weighted by Crippen LogP contribution is -2.20. The number of aliphatic hydroxyl groups is 1. The molecule has 0 saturated carbocycles. The number of nitrogens with zero attached hydrogens (tertiary/aromatic N) is 4. The van der Waals surface area contributed by atoms with Crippen molar-refractivity contribution in [3.63, 3.8) is 0 Å². The fraction of sp³-hybridized carbons (Fsp3) is 0.174. The second-order valence-electron chi connectivity index (χ2n) is 7.63. The molecule has 0 saturated heterocycles. The normalized spacial score (nSPS) is 18.2. The quantitative estimate of drug-likeness (QED) is 0.463. The first-order chi connectivity index (χ1) is 14.7. The Kier molecular flexibility index (Phi) is 4.04. The lowest BCUT2D eigenvalue weighted by atomic mass is 10.1. The van der Waals surface area contributed by atoms with E-state index in [0.29, 0.717) is 13.0 Å². The highest BCUT2D eigenvalue weighted by Gasteiger charge is 2.31. The fourth-order valence-corrected chi connectivity index (χ4v) is 5.19. The molecule has 2 N–H and O–H groups in total. The third-order valence-corrected chi connectivity index (χ3v) is 6.61. The van der Waals surface area contributed by atoms with E-state index in [2.05, 4.69) is 50.2 Å². The van der Waals surface area contributed by atoms with Crippen molar-refractivity contribution >= 4 is 37.8 Å². The lowest BCUT2D eigenvalue weighted by molar-refractivity contribution is 0.166. The maximum atomic E-state index is 10.5. The number of rotatable bonds is 4. The molecule has 0 radical (unpaired) electrons. The maximum Gasteiger partial charge on any atom is 0.184 e. The number of nitrogens with one attached hydrogen (secondary N) is 1. The minimum atomic E-state index is -0.438. The van der Waals surface area contributed by atoms with Crippen LogP contribution in [-0.4, -0.2) is 30.7 Å². The van der Waals surface area contributed by atoms with Crippen LogP contribution in [0.25, 0.3) is 21.4 Å². The Labute approximate surface area is 176 Å². The molecule has 1 aliphatic rings. The van der Waals surface area contributed by atoms with Crippen LogP contribution < -0.4 is 5.32 Å². The average Bonchev–Trinajstić information content (AvgIpc) is 3.44. The Morgan fingerprint density at radius 1 is 1.07 bits per heavy atom. The third-order valence-electron chi connectivity index (χ3n) is 5.66. The van der Waals surface area contributed by atoms with Crippen LogP contribution in [0.3, 0.4) is 0 Å². The van der Waals surface area contributed by atoms with Gasteiger partial charge < -0.3 is 15.0 Å². The first-order valence-corrected chi connectivity index (χ1v) is 10.7. The molecule has 1 aliphatic carbocycles. The molecule has 0 aliphatic heterocycles. The van der Waals surface area contributed by atoms with E-state index < -0.39 is 6.10 Å². The predicted molar refractivity (Wildman–Crippen MR) is 119 cm³/mol. The SMILES string of the molecule is O[C@@H]1Cc2ccccc2C1Nc1nc2ccc(Cn3cnc4cccnc43)cc2s1. The standard InChI is InChI=1S/C23H19N5OS/c29-19-11-15-4-1-2-5-16(15)21(19)27-23-26-17-8-7-14(10-20(17)30-23)12-28-13-25-18-6-3-9-24-22(18)28/h1-10,13,19,21,29H,11-12H2,(H,26,27)/t19-,21?/m1/s1. The molecule has 2 aromatic carbocycles. The van der Waals surface area contributed by atoms with Crippen LogP contribution in [0.5, 0.6) is 0 Å². The van der Waals surface area contributed by atoms with Crippen LogP contribution in [0.15, 0.2) is 67.1 Å². The van der Waals surface area contributed by atoms with Gasteiger partial charge >= 0.3 is 0 Å². The predicted octanol–water partition coefficient (Wildman–Crippen LogP) is 4.16. The summed E-state index contributed by atoms with van der Waals surface area (Å²) in [4.78, 5) is 13.6. The first-order valence-electron chi connectivity index (χ1n) is 9.92. The number of benzene rings is 2. The smallest absolute Gasteiger partial charge is 0.184 e. The van der Waals surface area contributed by atoms with Gasteiger partial charge in [0.1, 0.15) is 5.52 Å². The van der Waals surface area contributed by atoms with Crippen LogP contribution in [0.1, 0.15) is 22.7 Å². The highest BCUT2D eigenvalue weighted by molar-refractivity contribution is 7.22. The Hall–Kier alpha value is -3.29. The summed E-state index contributed by atoms with van der Waals surface area (Å²) in [5, 5.41) is 14.8. The van der Waals surface area contributed by atoms with E-state index in [4.69, 9.17) is 4.98 Å². The van der Waals surface area contributed by atoms with Gasteiger partial charge in [0.25, 0.3) is 0 Å². The molecule has 7 heteroatoms. The van der Waals surface area contributed by atoms with Gasteiger partial charge in [0.05, 0.1) is 35.2 Å². The molecule has 3 aromatic heterocycles. The van der Waals surface area contributed by atoms with Crippen molar-refractivity contribution in [3.8, 4) is 0 Å². The molecule has 0 amide bonds. The van der Waals surface area contributed by atoms with Crippen molar-refractivity contribution in [2.75, 3.05) is 5.32 Å². The van der Waals surface area contributed by atoms with E-state index in [1.54, 1.807) is 17.5 Å². The van der Waals surface area contributed by atoms with E-state index in [0.717, 1.165) is 32.1 Å². The Morgan fingerprint density at radius 2 is 2.00 bits per heavy atom. The summed E-state index contributed by atoms with van der Waals surface area (Å²) >= 11 is 1.62. The van der Waals surface area contributed by atoms with Gasteiger partial charge in [-0.2, -0.15) is 0 Å². The van der Waals surface area contributed by atoms with Crippen molar-refractivity contribution in [1.29, 1.82) is 0 Å². The van der Waals surface area contributed by atoms with Gasteiger partial charge in [0, 0.05) is 12.6 Å². The third kappa shape index (κ3) is 2.94. The number of thiazole rings is 1. The molecule has 2 atom stereocenters. The van der Waals surface area contributed by atoms with Crippen molar-refractivity contribution in [2.45, 2.75) is 25.1 Å². The summed E-state index contributed by atoms with van der Waals surface area (Å²) in [5.41, 5.74) is 6.28. The van der Waals surface area contributed by atoms with Crippen LogP contribution in [-0.2, 0) is 13.0 Å².